The number of carbonyl (C=O) groups excluding carboxylic acids is 1. The summed E-state index contributed by atoms with van der Waals surface area (Å²) in [5, 5.41) is 0. The summed E-state index contributed by atoms with van der Waals surface area (Å²) in [6.45, 7) is 2.45. The molecule has 0 unspecified atom stereocenters. The number of sulfonamides is 1. The summed E-state index contributed by atoms with van der Waals surface area (Å²) < 4.78 is 42.1. The van der Waals surface area contributed by atoms with Gasteiger partial charge in [-0.15, -0.1) is 0 Å². The lowest BCUT2D eigenvalue weighted by atomic mass is 10.1. The topological polar surface area (TPSA) is 65.9 Å². The van der Waals surface area contributed by atoms with Crippen LogP contribution in [0.5, 0.6) is 0 Å². The fourth-order valence-electron chi connectivity index (χ4n) is 4.38. The first kappa shape index (κ1) is 21.0. The standard InChI is InChI=1S/C21H27FN4O3S/c1-23-10-2-4-19(23)20-5-3-11-25(20)16-21(27)24-12-14-26(15-13-24)30(28,29)18-8-6-17(22)7-9-18/h2,4,6-10,20H,3,5,11-16H2,1H3/t20-/m0/s1. The summed E-state index contributed by atoms with van der Waals surface area (Å²) in [5.74, 6) is -0.435. The molecule has 7 nitrogen and oxygen atoms in total. The molecule has 0 saturated carbocycles. The number of amides is 1. The number of benzene rings is 1. The smallest absolute Gasteiger partial charge is 0.243 e. The number of hydrogen-bond acceptors (Lipinski definition) is 4. The van der Waals surface area contributed by atoms with Crippen LogP contribution in [-0.2, 0) is 21.9 Å². The molecule has 3 heterocycles. The second kappa shape index (κ2) is 8.49. The highest BCUT2D eigenvalue weighted by Gasteiger charge is 2.33. The molecule has 1 amide bonds. The average Bonchev–Trinajstić information content (AvgIpc) is 3.36. The molecular weight excluding hydrogens is 407 g/mol. The van der Waals surface area contributed by atoms with Crippen molar-refractivity contribution in [2.45, 2.75) is 23.8 Å². The first-order valence-electron chi connectivity index (χ1n) is 10.2. The van der Waals surface area contributed by atoms with Crippen molar-refractivity contribution in [2.24, 2.45) is 7.05 Å². The number of halogens is 1. The molecule has 9 heteroatoms. The minimum absolute atomic E-state index is 0.0370. The van der Waals surface area contributed by atoms with Crippen LogP contribution in [0.15, 0.2) is 47.5 Å². The van der Waals surface area contributed by atoms with E-state index in [0.29, 0.717) is 19.6 Å². The molecule has 0 radical (unpaired) electrons. The summed E-state index contributed by atoms with van der Waals surface area (Å²) in [4.78, 5) is 16.9. The van der Waals surface area contributed by atoms with Gasteiger partial charge in [0, 0.05) is 45.1 Å². The van der Waals surface area contributed by atoms with Crippen molar-refractivity contribution in [3.8, 4) is 0 Å². The van der Waals surface area contributed by atoms with Crippen molar-refractivity contribution in [2.75, 3.05) is 39.3 Å². The van der Waals surface area contributed by atoms with Gasteiger partial charge < -0.3 is 9.47 Å². The van der Waals surface area contributed by atoms with E-state index in [2.05, 4.69) is 15.5 Å². The average molecular weight is 435 g/mol. The van der Waals surface area contributed by atoms with Gasteiger partial charge in [-0.05, 0) is 55.8 Å². The zero-order chi connectivity index (χ0) is 21.3. The molecule has 162 valence electrons. The van der Waals surface area contributed by atoms with Crippen LogP contribution in [0.25, 0.3) is 0 Å². The summed E-state index contributed by atoms with van der Waals surface area (Å²) in [7, 11) is -1.66. The molecule has 1 atom stereocenters. The number of aromatic nitrogens is 1. The molecule has 2 saturated heterocycles. The van der Waals surface area contributed by atoms with Crippen molar-refractivity contribution in [3.63, 3.8) is 0 Å². The molecule has 30 heavy (non-hydrogen) atoms. The molecule has 0 spiro atoms. The minimum atomic E-state index is -3.68. The van der Waals surface area contributed by atoms with Gasteiger partial charge in [0.25, 0.3) is 0 Å². The number of piperazine rings is 1. The monoisotopic (exact) mass is 434 g/mol. The Morgan fingerprint density at radius 3 is 2.40 bits per heavy atom. The number of rotatable bonds is 5. The van der Waals surface area contributed by atoms with Crippen LogP contribution >= 0.6 is 0 Å². The van der Waals surface area contributed by atoms with Crippen LogP contribution in [0, 0.1) is 5.82 Å². The zero-order valence-electron chi connectivity index (χ0n) is 17.1. The Labute approximate surface area is 176 Å². The van der Waals surface area contributed by atoms with Crippen LogP contribution in [0.1, 0.15) is 24.6 Å². The SMILES string of the molecule is Cn1cccc1[C@@H]1CCCN1CC(=O)N1CCN(S(=O)(=O)c2ccc(F)cc2)CC1. The number of hydrogen-bond donors (Lipinski definition) is 0. The Kier molecular flexibility index (Phi) is 5.95. The van der Waals surface area contributed by atoms with Gasteiger partial charge in [-0.2, -0.15) is 4.31 Å². The van der Waals surface area contributed by atoms with E-state index in [0.717, 1.165) is 31.5 Å². The summed E-state index contributed by atoms with van der Waals surface area (Å²) >= 11 is 0. The molecule has 2 aliphatic rings. The van der Waals surface area contributed by atoms with Crippen molar-refractivity contribution in [1.82, 2.24) is 18.7 Å². The third kappa shape index (κ3) is 4.14. The zero-order valence-corrected chi connectivity index (χ0v) is 17.9. The quantitative estimate of drug-likeness (QED) is 0.720. The van der Waals surface area contributed by atoms with Crippen LogP contribution < -0.4 is 0 Å². The highest BCUT2D eigenvalue weighted by molar-refractivity contribution is 7.89. The number of aryl methyl sites for hydroxylation is 1. The Balaban J connectivity index is 1.35. The molecule has 0 aliphatic carbocycles. The van der Waals surface area contributed by atoms with E-state index in [9.17, 15) is 17.6 Å². The lowest BCUT2D eigenvalue weighted by molar-refractivity contribution is -0.133. The lowest BCUT2D eigenvalue weighted by Gasteiger charge is -2.35. The maximum Gasteiger partial charge on any atom is 0.243 e. The van der Waals surface area contributed by atoms with Gasteiger partial charge in [-0.25, -0.2) is 12.8 Å². The molecule has 1 aromatic heterocycles. The summed E-state index contributed by atoms with van der Waals surface area (Å²) in [6, 6.07) is 9.21. The number of nitrogens with zero attached hydrogens (tertiary/aromatic N) is 4. The fourth-order valence-corrected chi connectivity index (χ4v) is 5.80. The molecule has 1 aromatic carbocycles. The predicted octanol–water partition coefficient (Wildman–Crippen LogP) is 1.83. The van der Waals surface area contributed by atoms with Crippen molar-refractivity contribution in [3.05, 3.63) is 54.1 Å². The van der Waals surface area contributed by atoms with Gasteiger partial charge in [-0.1, -0.05) is 0 Å². The first-order chi connectivity index (χ1) is 14.4. The lowest BCUT2D eigenvalue weighted by Crippen LogP contribution is -2.52. The third-order valence-electron chi connectivity index (χ3n) is 6.07. The Morgan fingerprint density at radius 2 is 1.77 bits per heavy atom. The second-order valence-electron chi connectivity index (χ2n) is 7.91. The van der Waals surface area contributed by atoms with Gasteiger partial charge in [0.05, 0.1) is 17.5 Å². The van der Waals surface area contributed by atoms with Crippen LogP contribution in [0.4, 0.5) is 4.39 Å². The van der Waals surface area contributed by atoms with Gasteiger partial charge in [0.1, 0.15) is 5.82 Å². The third-order valence-corrected chi connectivity index (χ3v) is 7.98. The number of carbonyl (C=O) groups is 1. The van der Waals surface area contributed by atoms with Gasteiger partial charge >= 0.3 is 0 Å². The van der Waals surface area contributed by atoms with Gasteiger partial charge in [0.15, 0.2) is 0 Å². The molecule has 0 N–H and O–H groups in total. The summed E-state index contributed by atoms with van der Waals surface area (Å²) in [6.07, 6.45) is 4.12. The minimum Gasteiger partial charge on any atom is -0.353 e. The summed E-state index contributed by atoms with van der Waals surface area (Å²) in [5.41, 5.74) is 1.22. The first-order valence-corrected chi connectivity index (χ1v) is 11.7. The highest BCUT2D eigenvalue weighted by atomic mass is 32.2. The number of likely N-dealkylation sites (tertiary alicyclic amines) is 1. The Hall–Kier alpha value is -2.23. The van der Waals surface area contributed by atoms with E-state index < -0.39 is 15.8 Å². The largest absolute Gasteiger partial charge is 0.353 e. The maximum absolute atomic E-state index is 13.1. The van der Waals surface area contributed by atoms with Crippen molar-refractivity contribution < 1.29 is 17.6 Å². The van der Waals surface area contributed by atoms with E-state index in [1.165, 1.54) is 22.1 Å². The van der Waals surface area contributed by atoms with E-state index in [1.807, 2.05) is 19.3 Å². The van der Waals surface area contributed by atoms with Crippen LogP contribution in [-0.4, -0.2) is 72.3 Å². The van der Waals surface area contributed by atoms with Crippen LogP contribution in [0.2, 0.25) is 0 Å². The van der Waals surface area contributed by atoms with E-state index in [-0.39, 0.29) is 29.9 Å². The molecule has 4 rings (SSSR count). The van der Waals surface area contributed by atoms with Crippen LogP contribution in [0.3, 0.4) is 0 Å². The predicted molar refractivity (Wildman–Crippen MR) is 111 cm³/mol. The van der Waals surface area contributed by atoms with E-state index >= 15 is 0 Å². The normalized spacial score (nSPS) is 21.3. The molecule has 2 aromatic rings. The van der Waals surface area contributed by atoms with E-state index in [1.54, 1.807) is 4.90 Å². The van der Waals surface area contributed by atoms with Gasteiger partial charge in [-0.3, -0.25) is 9.69 Å². The molecule has 2 fully saturated rings. The van der Waals surface area contributed by atoms with E-state index in [4.69, 9.17) is 0 Å². The fraction of sp³-hybridized carbons (Fsp3) is 0.476. The molecular formula is C21H27FN4O3S. The molecule has 0 bridgehead atoms. The maximum atomic E-state index is 13.1. The van der Waals surface area contributed by atoms with Crippen molar-refractivity contribution in [1.29, 1.82) is 0 Å². The molecule has 2 aliphatic heterocycles. The second-order valence-corrected chi connectivity index (χ2v) is 9.85. The Morgan fingerprint density at radius 1 is 1.07 bits per heavy atom. The van der Waals surface area contributed by atoms with Gasteiger partial charge in [0.2, 0.25) is 15.9 Å². The highest BCUT2D eigenvalue weighted by Crippen LogP contribution is 2.31. The Bertz CT molecular complexity index is 998. The van der Waals surface area contributed by atoms with Crippen molar-refractivity contribution >= 4 is 15.9 Å².